The smallest absolute Gasteiger partial charge is 0.324 e. The lowest BCUT2D eigenvalue weighted by atomic mass is 10.4. The number of hydrogen-bond donors (Lipinski definition) is 1. The van der Waals surface area contributed by atoms with Gasteiger partial charge in [0.05, 0.1) is 5.69 Å². The van der Waals surface area contributed by atoms with Crippen molar-refractivity contribution in [2.24, 2.45) is 0 Å². The number of nitrogens with one attached hydrogen (secondary N) is 1. The Morgan fingerprint density at radius 2 is 2.12 bits per heavy atom. The number of aromatic nitrogens is 4. The fourth-order valence-electron chi connectivity index (χ4n) is 1.49. The number of hydrogen-bond acceptors (Lipinski definition) is 5. The summed E-state index contributed by atoms with van der Waals surface area (Å²) in [6, 6.07) is 0.883. The van der Waals surface area contributed by atoms with E-state index in [1.165, 1.54) is 0 Å². The summed E-state index contributed by atoms with van der Waals surface area (Å²) in [7, 11) is 0. The first-order valence-electron chi connectivity index (χ1n) is 5.64. The third kappa shape index (κ3) is 2.71. The van der Waals surface area contributed by atoms with Gasteiger partial charge in [-0.1, -0.05) is 13.8 Å². The molecule has 0 amide bonds. The lowest BCUT2D eigenvalue weighted by Gasteiger charge is -2.03. The first-order valence-corrected chi connectivity index (χ1v) is 5.64. The summed E-state index contributed by atoms with van der Waals surface area (Å²) in [6.07, 6.45) is 1.64. The molecule has 0 spiro atoms. The molecule has 0 bridgehead atoms. The second-order valence-electron chi connectivity index (χ2n) is 4.28. The van der Waals surface area contributed by atoms with Gasteiger partial charge in [0.15, 0.2) is 0 Å². The molecule has 2 heterocycles. The summed E-state index contributed by atoms with van der Waals surface area (Å²) in [5.74, 6) is 1.48. The second kappa shape index (κ2) is 4.67. The molecule has 0 aliphatic rings. The van der Waals surface area contributed by atoms with Crippen LogP contribution in [0.15, 0.2) is 10.7 Å². The minimum absolute atomic E-state index is 0.422. The van der Waals surface area contributed by atoms with Gasteiger partial charge in [-0.2, -0.15) is 9.67 Å². The van der Waals surface area contributed by atoms with Crippen LogP contribution in [0.5, 0.6) is 0 Å². The van der Waals surface area contributed by atoms with Crippen LogP contribution >= 0.6 is 0 Å². The summed E-state index contributed by atoms with van der Waals surface area (Å²) in [5, 5.41) is 7.50. The second-order valence-corrected chi connectivity index (χ2v) is 4.28. The van der Waals surface area contributed by atoms with Crippen LogP contribution in [0.2, 0.25) is 0 Å². The van der Waals surface area contributed by atoms with Gasteiger partial charge in [-0.25, -0.2) is 4.98 Å². The Morgan fingerprint density at radius 1 is 1.35 bits per heavy atom. The molecular weight excluding hydrogens is 218 g/mol. The van der Waals surface area contributed by atoms with Gasteiger partial charge in [-0.05, 0) is 13.8 Å². The molecule has 0 saturated heterocycles. The van der Waals surface area contributed by atoms with E-state index in [9.17, 15) is 0 Å². The van der Waals surface area contributed by atoms with Gasteiger partial charge >= 0.3 is 6.01 Å². The van der Waals surface area contributed by atoms with Crippen molar-refractivity contribution in [3.05, 3.63) is 23.6 Å². The minimum Gasteiger partial charge on any atom is -0.430 e. The van der Waals surface area contributed by atoms with Gasteiger partial charge in [0, 0.05) is 12.6 Å². The first kappa shape index (κ1) is 11.8. The number of rotatable bonds is 4. The van der Waals surface area contributed by atoms with E-state index in [1.54, 1.807) is 10.9 Å². The first-order chi connectivity index (χ1) is 8.06. The van der Waals surface area contributed by atoms with Crippen LogP contribution in [-0.4, -0.2) is 25.8 Å². The van der Waals surface area contributed by atoms with Crippen molar-refractivity contribution in [2.75, 3.05) is 0 Å². The van der Waals surface area contributed by atoms with Crippen molar-refractivity contribution in [3.8, 4) is 6.01 Å². The van der Waals surface area contributed by atoms with Gasteiger partial charge < -0.3 is 9.73 Å². The highest BCUT2D eigenvalue weighted by molar-refractivity contribution is 5.11. The van der Waals surface area contributed by atoms with E-state index in [1.807, 2.05) is 13.8 Å². The Labute approximate surface area is 100 Å². The van der Waals surface area contributed by atoms with Crippen molar-refractivity contribution < 1.29 is 4.42 Å². The molecular formula is C11H17N5O. The van der Waals surface area contributed by atoms with Crippen LogP contribution in [0, 0.1) is 13.8 Å². The largest absolute Gasteiger partial charge is 0.430 e. The molecule has 1 N–H and O–H groups in total. The molecule has 0 aliphatic carbocycles. The molecule has 6 nitrogen and oxygen atoms in total. The molecule has 0 radical (unpaired) electrons. The predicted molar refractivity (Wildman–Crippen MR) is 62.9 cm³/mol. The Balaban J connectivity index is 2.15. The fourth-order valence-corrected chi connectivity index (χ4v) is 1.49. The molecule has 2 aromatic rings. The van der Waals surface area contributed by atoms with Crippen molar-refractivity contribution in [1.82, 2.24) is 25.1 Å². The van der Waals surface area contributed by atoms with Crippen LogP contribution in [0.3, 0.4) is 0 Å². The van der Waals surface area contributed by atoms with Crippen molar-refractivity contribution in [2.45, 2.75) is 40.3 Å². The fraction of sp³-hybridized carbons (Fsp3) is 0.545. The van der Waals surface area contributed by atoms with Gasteiger partial charge in [-0.15, -0.1) is 5.10 Å². The topological polar surface area (TPSA) is 68.8 Å². The SMILES string of the molecule is Cc1nc(C)n(-c2nc(CNC(C)C)co2)n1. The standard InChI is InChI=1S/C11H17N5O/c1-7(2)12-5-10-6-17-11(14-10)16-9(4)13-8(3)15-16/h6-7,12H,5H2,1-4H3. The van der Waals surface area contributed by atoms with Crippen LogP contribution in [0.25, 0.3) is 6.01 Å². The average Bonchev–Trinajstić information content (AvgIpc) is 2.82. The zero-order chi connectivity index (χ0) is 12.4. The predicted octanol–water partition coefficient (Wildman–Crippen LogP) is 1.37. The normalized spacial score (nSPS) is 11.4. The molecule has 2 aromatic heterocycles. The Hall–Kier alpha value is -1.69. The van der Waals surface area contributed by atoms with E-state index < -0.39 is 0 Å². The van der Waals surface area contributed by atoms with Crippen LogP contribution in [0.1, 0.15) is 31.2 Å². The van der Waals surface area contributed by atoms with Crippen LogP contribution in [-0.2, 0) is 6.54 Å². The van der Waals surface area contributed by atoms with E-state index in [0.29, 0.717) is 24.4 Å². The zero-order valence-corrected chi connectivity index (χ0v) is 10.6. The molecule has 6 heteroatoms. The van der Waals surface area contributed by atoms with E-state index in [2.05, 4.69) is 34.2 Å². The number of oxazole rings is 1. The Kier molecular flexibility index (Phi) is 3.23. The van der Waals surface area contributed by atoms with Crippen LogP contribution < -0.4 is 5.32 Å². The summed E-state index contributed by atoms with van der Waals surface area (Å²) in [6.45, 7) is 8.58. The van der Waals surface area contributed by atoms with Gasteiger partial charge in [0.25, 0.3) is 0 Å². The Morgan fingerprint density at radius 3 is 2.71 bits per heavy atom. The Bertz CT molecular complexity index is 500. The highest BCUT2D eigenvalue weighted by Crippen LogP contribution is 2.09. The monoisotopic (exact) mass is 235 g/mol. The lowest BCUT2D eigenvalue weighted by molar-refractivity contribution is 0.503. The van der Waals surface area contributed by atoms with Gasteiger partial charge in [0.2, 0.25) is 0 Å². The molecule has 0 atom stereocenters. The zero-order valence-electron chi connectivity index (χ0n) is 10.6. The highest BCUT2D eigenvalue weighted by atomic mass is 16.4. The molecule has 92 valence electrons. The highest BCUT2D eigenvalue weighted by Gasteiger charge is 2.11. The number of nitrogens with zero attached hydrogens (tertiary/aromatic N) is 4. The van der Waals surface area contributed by atoms with E-state index in [0.717, 1.165) is 11.5 Å². The molecule has 0 unspecified atom stereocenters. The quantitative estimate of drug-likeness (QED) is 0.866. The summed E-state index contributed by atoms with van der Waals surface area (Å²) in [5.41, 5.74) is 0.862. The van der Waals surface area contributed by atoms with Crippen molar-refractivity contribution in [3.63, 3.8) is 0 Å². The molecule has 0 fully saturated rings. The summed E-state index contributed by atoms with van der Waals surface area (Å²) in [4.78, 5) is 8.57. The molecule has 0 aromatic carbocycles. The van der Waals surface area contributed by atoms with E-state index in [-0.39, 0.29) is 0 Å². The molecule has 2 rings (SSSR count). The van der Waals surface area contributed by atoms with Gasteiger partial charge in [-0.3, -0.25) is 0 Å². The van der Waals surface area contributed by atoms with E-state index in [4.69, 9.17) is 4.42 Å². The van der Waals surface area contributed by atoms with Crippen molar-refractivity contribution in [1.29, 1.82) is 0 Å². The average molecular weight is 235 g/mol. The molecule has 17 heavy (non-hydrogen) atoms. The van der Waals surface area contributed by atoms with E-state index >= 15 is 0 Å². The maximum Gasteiger partial charge on any atom is 0.324 e. The maximum absolute atomic E-state index is 5.39. The molecule has 0 saturated carbocycles. The van der Waals surface area contributed by atoms with Crippen molar-refractivity contribution >= 4 is 0 Å². The summed E-state index contributed by atoms with van der Waals surface area (Å²) >= 11 is 0. The minimum atomic E-state index is 0.422. The van der Waals surface area contributed by atoms with Gasteiger partial charge in [0.1, 0.15) is 17.9 Å². The number of aryl methyl sites for hydroxylation is 2. The summed E-state index contributed by atoms with van der Waals surface area (Å²) < 4.78 is 6.99. The molecule has 0 aliphatic heterocycles. The van der Waals surface area contributed by atoms with Crippen LogP contribution in [0.4, 0.5) is 0 Å². The third-order valence-corrected chi connectivity index (χ3v) is 2.29. The lowest BCUT2D eigenvalue weighted by Crippen LogP contribution is -2.22. The third-order valence-electron chi connectivity index (χ3n) is 2.29. The maximum atomic E-state index is 5.39.